The van der Waals surface area contributed by atoms with Gasteiger partial charge in [-0.15, -0.1) is 11.3 Å². The van der Waals surface area contributed by atoms with E-state index in [4.69, 9.17) is 0 Å². The molecule has 1 N–H and O–H groups in total. The number of aromatic amines is 1. The molecule has 0 atom stereocenters. The van der Waals surface area contributed by atoms with Gasteiger partial charge in [0.2, 0.25) is 0 Å². The van der Waals surface area contributed by atoms with Gasteiger partial charge in [0, 0.05) is 53.8 Å². The van der Waals surface area contributed by atoms with Gasteiger partial charge >= 0.3 is 0 Å². The van der Waals surface area contributed by atoms with Crippen molar-refractivity contribution in [3.63, 3.8) is 0 Å². The highest BCUT2D eigenvalue weighted by Gasteiger charge is 2.19. The number of nitrogens with zero attached hydrogens (tertiary/aromatic N) is 4. The standard InChI is InChI=1S/C18H19N5OS/c1-12-2-3-13(25-12)11-23-8-4-14-15(5-9-23)21-17(22-18(14)24)16-10-19-6-7-20-16/h2-3,6-7,10H,4-5,8-9,11H2,1H3,(H,21,22,24). The van der Waals surface area contributed by atoms with Crippen LogP contribution >= 0.6 is 11.3 Å². The number of fused-ring (bicyclic) bond motifs is 1. The Kier molecular flexibility index (Phi) is 4.42. The molecule has 1 aliphatic rings. The lowest BCUT2D eigenvalue weighted by Crippen LogP contribution is -2.25. The molecular weight excluding hydrogens is 334 g/mol. The van der Waals surface area contributed by atoms with Crippen molar-refractivity contribution in [3.05, 3.63) is 62.1 Å². The third kappa shape index (κ3) is 3.52. The first-order chi connectivity index (χ1) is 12.2. The largest absolute Gasteiger partial charge is 0.305 e. The summed E-state index contributed by atoms with van der Waals surface area (Å²) in [6.07, 6.45) is 6.33. The van der Waals surface area contributed by atoms with Gasteiger partial charge in [0.05, 0.1) is 11.9 Å². The van der Waals surface area contributed by atoms with Gasteiger partial charge in [-0.2, -0.15) is 0 Å². The molecule has 0 saturated carbocycles. The Labute approximate surface area is 149 Å². The highest BCUT2D eigenvalue weighted by Crippen LogP contribution is 2.20. The fourth-order valence-electron chi connectivity index (χ4n) is 3.15. The predicted octanol–water partition coefficient (Wildman–Crippen LogP) is 2.20. The summed E-state index contributed by atoms with van der Waals surface area (Å²) in [6.45, 7) is 4.84. The monoisotopic (exact) mass is 353 g/mol. The van der Waals surface area contributed by atoms with E-state index >= 15 is 0 Å². The zero-order valence-electron chi connectivity index (χ0n) is 14.0. The van der Waals surface area contributed by atoms with Gasteiger partial charge in [-0.3, -0.25) is 14.7 Å². The molecule has 0 bridgehead atoms. The summed E-state index contributed by atoms with van der Waals surface area (Å²) in [6, 6.07) is 4.35. The second kappa shape index (κ2) is 6.85. The van der Waals surface area contributed by atoms with Crippen molar-refractivity contribution in [3.8, 4) is 11.5 Å². The lowest BCUT2D eigenvalue weighted by molar-refractivity contribution is 0.281. The Morgan fingerprint density at radius 2 is 2.12 bits per heavy atom. The zero-order chi connectivity index (χ0) is 17.2. The average molecular weight is 353 g/mol. The minimum Gasteiger partial charge on any atom is -0.305 e. The third-order valence-electron chi connectivity index (χ3n) is 4.43. The van der Waals surface area contributed by atoms with Gasteiger partial charge < -0.3 is 4.98 Å². The van der Waals surface area contributed by atoms with Gasteiger partial charge in [0.15, 0.2) is 5.82 Å². The zero-order valence-corrected chi connectivity index (χ0v) is 14.8. The maximum atomic E-state index is 12.5. The highest BCUT2D eigenvalue weighted by atomic mass is 32.1. The van der Waals surface area contributed by atoms with Crippen LogP contribution in [0.2, 0.25) is 0 Å². The number of aromatic nitrogens is 4. The van der Waals surface area contributed by atoms with E-state index in [1.54, 1.807) is 18.6 Å². The Hall–Kier alpha value is -2.38. The van der Waals surface area contributed by atoms with Crippen LogP contribution in [0.15, 0.2) is 35.5 Å². The number of rotatable bonds is 3. The van der Waals surface area contributed by atoms with Crippen molar-refractivity contribution < 1.29 is 0 Å². The SMILES string of the molecule is Cc1ccc(CN2CCc3nc(-c4cnccn4)[nH]c(=O)c3CC2)s1. The summed E-state index contributed by atoms with van der Waals surface area (Å²) in [5, 5.41) is 0. The van der Waals surface area contributed by atoms with Crippen LogP contribution in [0.3, 0.4) is 0 Å². The predicted molar refractivity (Wildman–Crippen MR) is 97.6 cm³/mol. The van der Waals surface area contributed by atoms with E-state index in [1.807, 2.05) is 11.3 Å². The third-order valence-corrected chi connectivity index (χ3v) is 5.41. The van der Waals surface area contributed by atoms with E-state index in [9.17, 15) is 4.79 Å². The van der Waals surface area contributed by atoms with E-state index in [-0.39, 0.29) is 5.56 Å². The fourth-order valence-corrected chi connectivity index (χ4v) is 4.08. The van der Waals surface area contributed by atoms with Crippen LogP contribution in [0, 0.1) is 6.92 Å². The lowest BCUT2D eigenvalue weighted by Gasteiger charge is -2.18. The van der Waals surface area contributed by atoms with Crippen LogP contribution in [0.1, 0.15) is 21.0 Å². The molecule has 0 unspecified atom stereocenters. The average Bonchev–Trinajstić information content (AvgIpc) is 2.91. The van der Waals surface area contributed by atoms with E-state index in [2.05, 4.69) is 43.9 Å². The molecule has 25 heavy (non-hydrogen) atoms. The molecule has 0 aromatic carbocycles. The van der Waals surface area contributed by atoms with Crippen LogP contribution in [-0.2, 0) is 19.4 Å². The smallest absolute Gasteiger partial charge is 0.254 e. The first kappa shape index (κ1) is 16.1. The van der Waals surface area contributed by atoms with E-state index < -0.39 is 0 Å². The topological polar surface area (TPSA) is 74.8 Å². The van der Waals surface area contributed by atoms with Gasteiger partial charge in [-0.1, -0.05) is 0 Å². The molecule has 1 aliphatic heterocycles. The molecule has 0 radical (unpaired) electrons. The van der Waals surface area contributed by atoms with Crippen LogP contribution in [0.5, 0.6) is 0 Å². The van der Waals surface area contributed by atoms with Crippen LogP contribution in [0.4, 0.5) is 0 Å². The van der Waals surface area contributed by atoms with Crippen molar-refractivity contribution in [1.82, 2.24) is 24.8 Å². The number of H-pyrrole nitrogens is 1. The number of hydrogen-bond donors (Lipinski definition) is 1. The molecule has 128 valence electrons. The van der Waals surface area contributed by atoms with Crippen molar-refractivity contribution in [2.45, 2.75) is 26.3 Å². The fraction of sp³-hybridized carbons (Fsp3) is 0.333. The Morgan fingerprint density at radius 1 is 1.24 bits per heavy atom. The second-order valence-corrected chi connectivity index (χ2v) is 7.59. The number of hydrogen-bond acceptors (Lipinski definition) is 6. The minimum absolute atomic E-state index is 0.0560. The van der Waals surface area contributed by atoms with Gasteiger partial charge in [-0.25, -0.2) is 9.97 Å². The Bertz CT molecular complexity index is 934. The van der Waals surface area contributed by atoms with Gasteiger partial charge in [-0.05, 0) is 25.5 Å². The summed E-state index contributed by atoms with van der Waals surface area (Å²) in [5.41, 5.74) is 2.23. The van der Waals surface area contributed by atoms with Crippen molar-refractivity contribution in [2.24, 2.45) is 0 Å². The quantitative estimate of drug-likeness (QED) is 0.781. The van der Waals surface area contributed by atoms with E-state index in [1.165, 1.54) is 9.75 Å². The van der Waals surface area contributed by atoms with E-state index in [0.717, 1.165) is 43.7 Å². The molecule has 0 saturated heterocycles. The molecule has 4 rings (SSSR count). The normalized spacial score (nSPS) is 14.9. The summed E-state index contributed by atoms with van der Waals surface area (Å²) >= 11 is 1.83. The first-order valence-corrected chi connectivity index (χ1v) is 9.17. The van der Waals surface area contributed by atoms with Crippen molar-refractivity contribution in [1.29, 1.82) is 0 Å². The number of thiophene rings is 1. The summed E-state index contributed by atoms with van der Waals surface area (Å²) in [4.78, 5) is 33.4. The van der Waals surface area contributed by atoms with Crippen molar-refractivity contribution >= 4 is 11.3 Å². The van der Waals surface area contributed by atoms with Crippen LogP contribution in [0.25, 0.3) is 11.5 Å². The second-order valence-electron chi connectivity index (χ2n) is 6.22. The molecule has 0 spiro atoms. The summed E-state index contributed by atoms with van der Waals surface area (Å²) < 4.78 is 0. The Morgan fingerprint density at radius 3 is 2.88 bits per heavy atom. The molecule has 3 aromatic rings. The molecule has 0 fully saturated rings. The van der Waals surface area contributed by atoms with Gasteiger partial charge in [0.25, 0.3) is 5.56 Å². The molecule has 4 heterocycles. The molecule has 0 aliphatic carbocycles. The highest BCUT2D eigenvalue weighted by molar-refractivity contribution is 7.11. The molecule has 7 heteroatoms. The van der Waals surface area contributed by atoms with Crippen LogP contribution in [-0.4, -0.2) is 37.9 Å². The van der Waals surface area contributed by atoms with E-state index in [0.29, 0.717) is 11.5 Å². The summed E-state index contributed by atoms with van der Waals surface area (Å²) in [5.74, 6) is 0.499. The molecule has 0 amide bonds. The van der Waals surface area contributed by atoms with Crippen LogP contribution < -0.4 is 5.56 Å². The molecule has 6 nitrogen and oxygen atoms in total. The first-order valence-electron chi connectivity index (χ1n) is 8.35. The van der Waals surface area contributed by atoms with Crippen molar-refractivity contribution in [2.75, 3.05) is 13.1 Å². The summed E-state index contributed by atoms with van der Waals surface area (Å²) in [7, 11) is 0. The maximum Gasteiger partial charge on any atom is 0.254 e. The Balaban J connectivity index is 1.57. The number of nitrogens with one attached hydrogen (secondary N) is 1. The van der Waals surface area contributed by atoms with Gasteiger partial charge in [0.1, 0.15) is 5.69 Å². The molecular formula is C18H19N5OS. The minimum atomic E-state index is -0.0560. The molecule has 3 aromatic heterocycles. The lowest BCUT2D eigenvalue weighted by atomic mass is 10.1. The maximum absolute atomic E-state index is 12.5. The number of aryl methyl sites for hydroxylation is 1.